The van der Waals surface area contributed by atoms with E-state index in [0.29, 0.717) is 12.5 Å². The Labute approximate surface area is 146 Å². The van der Waals surface area contributed by atoms with Crippen LogP contribution < -0.4 is 11.1 Å². The number of aliphatic imine (C=N–C) groups is 1. The normalized spacial score (nSPS) is 12.2. The van der Waals surface area contributed by atoms with Crippen LogP contribution in [0.4, 0.5) is 0 Å². The van der Waals surface area contributed by atoms with Gasteiger partial charge in [-0.1, -0.05) is 31.2 Å². The first-order valence-electron chi connectivity index (χ1n) is 7.14. The van der Waals surface area contributed by atoms with Crippen molar-refractivity contribution in [2.45, 2.75) is 46.3 Å². The molecule has 0 heterocycles. The third-order valence-corrected chi connectivity index (χ3v) is 2.92. The molecule has 1 aromatic rings. The topological polar surface area (TPSA) is 53.6 Å². The minimum absolute atomic E-state index is 0. The zero-order valence-corrected chi connectivity index (χ0v) is 16.1. The maximum Gasteiger partial charge on any atom is 0.189 e. The van der Waals surface area contributed by atoms with Crippen LogP contribution in [0.5, 0.6) is 0 Å². The molecule has 0 unspecified atom stereocenters. The maximum atomic E-state index is 5.88. The molecule has 0 amide bonds. The Balaban J connectivity index is 0.00000400. The molecule has 0 aliphatic heterocycles. The minimum atomic E-state index is -0.0563. The van der Waals surface area contributed by atoms with E-state index in [-0.39, 0.29) is 29.5 Å². The second kappa shape index (κ2) is 9.25. The van der Waals surface area contributed by atoms with Gasteiger partial charge in [0, 0.05) is 12.1 Å². The van der Waals surface area contributed by atoms with E-state index < -0.39 is 0 Å². The van der Waals surface area contributed by atoms with Crippen molar-refractivity contribution in [3.8, 4) is 0 Å². The highest BCUT2D eigenvalue weighted by molar-refractivity contribution is 14.0. The highest BCUT2D eigenvalue weighted by Gasteiger charge is 2.09. The maximum absolute atomic E-state index is 5.88. The van der Waals surface area contributed by atoms with E-state index in [0.717, 1.165) is 13.1 Å². The summed E-state index contributed by atoms with van der Waals surface area (Å²) in [5.74, 6) is 0.494. The number of nitrogens with one attached hydrogen (secondary N) is 1. The van der Waals surface area contributed by atoms with E-state index in [4.69, 9.17) is 5.73 Å². The number of hydrogen-bond donors (Lipinski definition) is 2. The SMILES string of the molecule is CCN(C)Cc1cccc(CN=C(N)NC(C)(C)C)c1.I. The van der Waals surface area contributed by atoms with E-state index in [2.05, 4.69) is 74.2 Å². The zero-order valence-electron chi connectivity index (χ0n) is 13.8. The Hall–Kier alpha value is -0.820. The van der Waals surface area contributed by atoms with Crippen molar-refractivity contribution in [2.24, 2.45) is 10.7 Å². The molecule has 0 fully saturated rings. The van der Waals surface area contributed by atoms with Gasteiger partial charge in [0.1, 0.15) is 0 Å². The van der Waals surface area contributed by atoms with E-state index >= 15 is 0 Å². The lowest BCUT2D eigenvalue weighted by Gasteiger charge is -2.21. The molecule has 1 rings (SSSR count). The smallest absolute Gasteiger partial charge is 0.189 e. The van der Waals surface area contributed by atoms with Crippen LogP contribution >= 0.6 is 24.0 Å². The van der Waals surface area contributed by atoms with E-state index in [1.807, 2.05) is 0 Å². The van der Waals surface area contributed by atoms with Gasteiger partial charge >= 0.3 is 0 Å². The molecule has 4 nitrogen and oxygen atoms in total. The predicted molar refractivity (Wildman–Crippen MR) is 102 cm³/mol. The van der Waals surface area contributed by atoms with Crippen LogP contribution in [0.3, 0.4) is 0 Å². The first kappa shape index (κ1) is 20.2. The van der Waals surface area contributed by atoms with Gasteiger partial charge in [-0.05, 0) is 45.5 Å². The molecule has 0 aliphatic carbocycles. The van der Waals surface area contributed by atoms with Gasteiger partial charge in [-0.2, -0.15) is 0 Å². The van der Waals surface area contributed by atoms with Crippen molar-refractivity contribution in [2.75, 3.05) is 13.6 Å². The molecule has 0 aromatic heterocycles. The molecular formula is C16H29IN4. The number of hydrogen-bond acceptors (Lipinski definition) is 2. The summed E-state index contributed by atoms with van der Waals surface area (Å²) in [5, 5.41) is 3.16. The van der Waals surface area contributed by atoms with Gasteiger partial charge in [-0.15, -0.1) is 24.0 Å². The molecule has 0 spiro atoms. The molecule has 21 heavy (non-hydrogen) atoms. The fraction of sp³-hybridized carbons (Fsp3) is 0.562. The van der Waals surface area contributed by atoms with Crippen LogP contribution in [0.1, 0.15) is 38.8 Å². The van der Waals surface area contributed by atoms with Crippen molar-refractivity contribution in [3.05, 3.63) is 35.4 Å². The molecule has 0 atom stereocenters. The first-order valence-corrected chi connectivity index (χ1v) is 7.14. The van der Waals surface area contributed by atoms with Crippen LogP contribution in [0.2, 0.25) is 0 Å². The van der Waals surface area contributed by atoms with Gasteiger partial charge in [-0.3, -0.25) is 0 Å². The summed E-state index contributed by atoms with van der Waals surface area (Å²) in [6, 6.07) is 8.51. The predicted octanol–water partition coefficient (Wildman–Crippen LogP) is 2.96. The Morgan fingerprint density at radius 2 is 1.90 bits per heavy atom. The molecule has 5 heteroatoms. The largest absolute Gasteiger partial charge is 0.370 e. The van der Waals surface area contributed by atoms with E-state index in [1.54, 1.807) is 0 Å². The summed E-state index contributed by atoms with van der Waals surface area (Å²) < 4.78 is 0. The van der Waals surface area contributed by atoms with Crippen LogP contribution in [0.25, 0.3) is 0 Å². The number of guanidine groups is 1. The number of benzene rings is 1. The van der Waals surface area contributed by atoms with E-state index in [9.17, 15) is 0 Å². The molecule has 120 valence electrons. The molecule has 0 saturated heterocycles. The van der Waals surface area contributed by atoms with Crippen LogP contribution in [0.15, 0.2) is 29.3 Å². The third kappa shape index (κ3) is 8.93. The molecule has 0 bridgehead atoms. The van der Waals surface area contributed by atoms with Gasteiger partial charge in [-0.25, -0.2) is 4.99 Å². The molecule has 3 N–H and O–H groups in total. The Bertz CT molecular complexity index is 452. The molecule has 1 aromatic carbocycles. The molecule has 0 aliphatic rings. The molecule has 0 saturated carbocycles. The van der Waals surface area contributed by atoms with Crippen molar-refractivity contribution < 1.29 is 0 Å². The summed E-state index contributed by atoms with van der Waals surface area (Å²) >= 11 is 0. The van der Waals surface area contributed by atoms with Gasteiger partial charge in [0.05, 0.1) is 6.54 Å². The number of nitrogens with two attached hydrogens (primary N) is 1. The third-order valence-electron chi connectivity index (χ3n) is 2.92. The zero-order chi connectivity index (χ0) is 15.2. The minimum Gasteiger partial charge on any atom is -0.370 e. The second-order valence-electron chi connectivity index (χ2n) is 6.23. The Morgan fingerprint density at radius 1 is 1.29 bits per heavy atom. The Morgan fingerprint density at radius 3 is 2.48 bits per heavy atom. The van der Waals surface area contributed by atoms with Gasteiger partial charge in [0.25, 0.3) is 0 Å². The molecular weight excluding hydrogens is 375 g/mol. The highest BCUT2D eigenvalue weighted by atomic mass is 127. The first-order chi connectivity index (χ1) is 9.30. The van der Waals surface area contributed by atoms with Crippen LogP contribution in [0, 0.1) is 0 Å². The van der Waals surface area contributed by atoms with Crippen molar-refractivity contribution in [1.29, 1.82) is 0 Å². The van der Waals surface area contributed by atoms with Gasteiger partial charge in [0.2, 0.25) is 0 Å². The second-order valence-corrected chi connectivity index (χ2v) is 6.23. The van der Waals surface area contributed by atoms with Crippen molar-refractivity contribution >= 4 is 29.9 Å². The number of halogens is 1. The van der Waals surface area contributed by atoms with Crippen molar-refractivity contribution in [3.63, 3.8) is 0 Å². The lowest BCUT2D eigenvalue weighted by molar-refractivity contribution is 0.345. The number of rotatable bonds is 5. The van der Waals surface area contributed by atoms with Crippen LogP contribution in [-0.4, -0.2) is 30.0 Å². The summed E-state index contributed by atoms with van der Waals surface area (Å²) in [4.78, 5) is 6.67. The average Bonchev–Trinajstić information content (AvgIpc) is 2.34. The molecule has 0 radical (unpaired) electrons. The summed E-state index contributed by atoms with van der Waals surface area (Å²) in [5.41, 5.74) is 8.32. The summed E-state index contributed by atoms with van der Waals surface area (Å²) in [6.45, 7) is 11.0. The Kier molecular flexibility index (Phi) is 8.89. The number of nitrogens with zero attached hydrogens (tertiary/aromatic N) is 2. The summed E-state index contributed by atoms with van der Waals surface area (Å²) in [6.07, 6.45) is 0. The average molecular weight is 404 g/mol. The van der Waals surface area contributed by atoms with Crippen LogP contribution in [-0.2, 0) is 13.1 Å². The van der Waals surface area contributed by atoms with E-state index in [1.165, 1.54) is 11.1 Å². The quantitative estimate of drug-likeness (QED) is 0.451. The highest BCUT2D eigenvalue weighted by Crippen LogP contribution is 2.09. The lowest BCUT2D eigenvalue weighted by atomic mass is 10.1. The van der Waals surface area contributed by atoms with Gasteiger partial charge in [0.15, 0.2) is 5.96 Å². The fourth-order valence-corrected chi connectivity index (χ4v) is 1.85. The van der Waals surface area contributed by atoms with Gasteiger partial charge < -0.3 is 16.0 Å². The lowest BCUT2D eigenvalue weighted by Crippen LogP contribution is -2.44. The monoisotopic (exact) mass is 404 g/mol. The van der Waals surface area contributed by atoms with Crippen molar-refractivity contribution in [1.82, 2.24) is 10.2 Å². The summed E-state index contributed by atoms with van der Waals surface area (Å²) in [7, 11) is 2.12. The standard InChI is InChI=1S/C16H28N4.HI/c1-6-20(5)12-14-9-7-8-13(10-14)11-18-15(17)19-16(2,3)4;/h7-10H,6,11-12H2,1-5H3,(H3,17,18,19);1H. The fourth-order valence-electron chi connectivity index (χ4n) is 1.85.